The van der Waals surface area contributed by atoms with Gasteiger partial charge in [0, 0.05) is 29.2 Å². The second kappa shape index (κ2) is 6.60. The van der Waals surface area contributed by atoms with Gasteiger partial charge in [-0.1, -0.05) is 4.49 Å². The summed E-state index contributed by atoms with van der Waals surface area (Å²) in [4.78, 5) is 17.2. The number of carbonyl (C=O) groups is 1. The Morgan fingerprint density at radius 2 is 1.96 bits per heavy atom. The molecule has 0 saturated heterocycles. The first kappa shape index (κ1) is 16.4. The molecule has 0 aliphatic heterocycles. The molecule has 0 fully saturated rings. The Balaban J connectivity index is 1.66. The number of nitrogens with zero attached hydrogens (tertiary/aromatic N) is 4. The maximum atomic E-state index is 11.8. The zero-order valence-corrected chi connectivity index (χ0v) is 14.7. The summed E-state index contributed by atoms with van der Waals surface area (Å²) in [6, 6.07) is 7.82. The minimum Gasteiger partial charge on any atom is -0.460 e. The number of hydrogen-bond donors (Lipinski definition) is 0. The van der Waals surface area contributed by atoms with E-state index in [1.54, 1.807) is 0 Å². The molecule has 7 heteroatoms. The van der Waals surface area contributed by atoms with Gasteiger partial charge in [-0.25, -0.2) is 9.55 Å². The number of fused-ring (bicyclic) bond motifs is 1. The molecule has 0 N–H and O–H groups in total. The summed E-state index contributed by atoms with van der Waals surface area (Å²) in [5.41, 5.74) is 2.26. The molecule has 0 bridgehead atoms. The standard InChI is InChI=1S/C17H19N4O2S/c1-17(2,3)23-15(22)8-11-21-9-6-12(7-10-21)13-4-5-14-16(18-13)24-20-19-14/h4-7,9-10H,8,11H2,1-3H3/q+1. The van der Waals surface area contributed by atoms with Crippen molar-refractivity contribution in [3.63, 3.8) is 0 Å². The monoisotopic (exact) mass is 343 g/mol. The van der Waals surface area contributed by atoms with Crippen LogP contribution in [0.1, 0.15) is 27.2 Å². The van der Waals surface area contributed by atoms with Crippen LogP contribution in [0.4, 0.5) is 0 Å². The molecule has 24 heavy (non-hydrogen) atoms. The number of ether oxygens (including phenoxy) is 1. The molecule has 0 aromatic carbocycles. The van der Waals surface area contributed by atoms with Crippen LogP contribution in [0.5, 0.6) is 0 Å². The average molecular weight is 343 g/mol. The van der Waals surface area contributed by atoms with E-state index >= 15 is 0 Å². The smallest absolute Gasteiger partial charge is 0.312 e. The first-order valence-corrected chi connectivity index (χ1v) is 8.48. The lowest BCUT2D eigenvalue weighted by Gasteiger charge is -2.18. The largest absolute Gasteiger partial charge is 0.460 e. The molecular weight excluding hydrogens is 324 g/mol. The molecule has 0 aliphatic carbocycles. The molecule has 124 valence electrons. The van der Waals surface area contributed by atoms with Crippen LogP contribution in [-0.4, -0.2) is 26.1 Å². The highest BCUT2D eigenvalue weighted by Gasteiger charge is 2.17. The van der Waals surface area contributed by atoms with Gasteiger partial charge in [-0.15, -0.1) is 5.10 Å². The highest BCUT2D eigenvalue weighted by atomic mass is 32.1. The first-order chi connectivity index (χ1) is 11.4. The molecule has 3 heterocycles. The van der Waals surface area contributed by atoms with E-state index in [-0.39, 0.29) is 5.97 Å². The summed E-state index contributed by atoms with van der Waals surface area (Å²) in [5, 5.41) is 3.99. The lowest BCUT2D eigenvalue weighted by Crippen LogP contribution is -2.35. The predicted molar refractivity (Wildman–Crippen MR) is 91.3 cm³/mol. The number of aromatic nitrogens is 4. The fraction of sp³-hybridized carbons (Fsp3) is 0.353. The van der Waals surface area contributed by atoms with Gasteiger partial charge in [-0.05, 0) is 32.9 Å². The number of hydrogen-bond acceptors (Lipinski definition) is 6. The van der Waals surface area contributed by atoms with Crippen molar-refractivity contribution in [2.45, 2.75) is 39.3 Å². The third-order valence-corrected chi connectivity index (χ3v) is 3.93. The predicted octanol–water partition coefficient (Wildman–Crippen LogP) is 2.77. The van der Waals surface area contributed by atoms with E-state index in [0.717, 1.165) is 21.6 Å². The lowest BCUT2D eigenvalue weighted by molar-refractivity contribution is -0.695. The second-order valence-electron chi connectivity index (χ2n) is 6.45. The average Bonchev–Trinajstić information content (AvgIpc) is 2.99. The number of carbonyl (C=O) groups excluding carboxylic acids is 1. The van der Waals surface area contributed by atoms with Gasteiger partial charge in [0.05, 0.1) is 5.69 Å². The van der Waals surface area contributed by atoms with Crippen LogP contribution < -0.4 is 4.57 Å². The van der Waals surface area contributed by atoms with Crippen LogP contribution in [0, 0.1) is 0 Å². The molecule has 3 rings (SSSR count). The minimum atomic E-state index is -0.443. The van der Waals surface area contributed by atoms with Crippen molar-refractivity contribution in [2.75, 3.05) is 0 Å². The zero-order chi connectivity index (χ0) is 17.2. The highest BCUT2D eigenvalue weighted by molar-refractivity contribution is 7.12. The van der Waals surface area contributed by atoms with Crippen molar-refractivity contribution >= 4 is 27.8 Å². The highest BCUT2D eigenvalue weighted by Crippen LogP contribution is 2.20. The Bertz CT molecular complexity index is 853. The molecule has 0 spiro atoms. The van der Waals surface area contributed by atoms with Crippen LogP contribution in [0.15, 0.2) is 36.7 Å². The summed E-state index contributed by atoms with van der Waals surface area (Å²) in [5.74, 6) is -0.191. The van der Waals surface area contributed by atoms with Crippen molar-refractivity contribution in [3.8, 4) is 11.3 Å². The van der Waals surface area contributed by atoms with E-state index in [0.29, 0.717) is 13.0 Å². The van der Waals surface area contributed by atoms with Gasteiger partial charge in [-0.2, -0.15) is 0 Å². The minimum absolute atomic E-state index is 0.191. The third kappa shape index (κ3) is 4.11. The van der Waals surface area contributed by atoms with Gasteiger partial charge in [0.2, 0.25) is 0 Å². The normalized spacial score (nSPS) is 11.6. The Morgan fingerprint density at radius 3 is 2.67 bits per heavy atom. The number of aryl methyl sites for hydroxylation is 1. The van der Waals surface area contributed by atoms with Crippen LogP contribution >= 0.6 is 11.5 Å². The Labute approximate surface area is 144 Å². The van der Waals surface area contributed by atoms with Gasteiger partial charge in [0.25, 0.3) is 0 Å². The number of pyridine rings is 2. The molecule has 0 amide bonds. The van der Waals surface area contributed by atoms with E-state index in [1.165, 1.54) is 11.5 Å². The SMILES string of the molecule is CC(C)(C)OC(=O)CC[n+]1ccc(-c2ccc3nnsc3n2)cc1. The van der Waals surface area contributed by atoms with Crippen molar-refractivity contribution < 1.29 is 14.1 Å². The number of rotatable bonds is 4. The van der Waals surface area contributed by atoms with Gasteiger partial charge >= 0.3 is 5.97 Å². The molecule has 0 atom stereocenters. The molecule has 0 radical (unpaired) electrons. The van der Waals surface area contributed by atoms with Crippen molar-refractivity contribution in [3.05, 3.63) is 36.7 Å². The summed E-state index contributed by atoms with van der Waals surface area (Å²) in [6.45, 7) is 6.19. The summed E-state index contributed by atoms with van der Waals surface area (Å²) in [7, 11) is 0. The molecule has 0 saturated carbocycles. The van der Waals surface area contributed by atoms with Gasteiger partial charge in [-0.3, -0.25) is 4.79 Å². The Kier molecular flexibility index (Phi) is 4.53. The van der Waals surface area contributed by atoms with Crippen molar-refractivity contribution in [1.29, 1.82) is 0 Å². The van der Waals surface area contributed by atoms with Gasteiger partial charge in [0.15, 0.2) is 23.8 Å². The van der Waals surface area contributed by atoms with E-state index in [1.807, 2.05) is 62.0 Å². The fourth-order valence-electron chi connectivity index (χ4n) is 2.23. The maximum absolute atomic E-state index is 11.8. The summed E-state index contributed by atoms with van der Waals surface area (Å²) >= 11 is 1.29. The van der Waals surface area contributed by atoms with Crippen LogP contribution in [0.2, 0.25) is 0 Å². The van der Waals surface area contributed by atoms with Gasteiger partial charge in [0.1, 0.15) is 17.5 Å². The molecule has 3 aromatic heterocycles. The van der Waals surface area contributed by atoms with Gasteiger partial charge < -0.3 is 4.74 Å². The van der Waals surface area contributed by atoms with E-state index in [4.69, 9.17) is 4.74 Å². The van der Waals surface area contributed by atoms with E-state index in [9.17, 15) is 4.79 Å². The Hall–Kier alpha value is -2.41. The van der Waals surface area contributed by atoms with Crippen molar-refractivity contribution in [1.82, 2.24) is 14.6 Å². The van der Waals surface area contributed by atoms with E-state index in [2.05, 4.69) is 14.6 Å². The molecule has 3 aromatic rings. The molecular formula is C17H19N4O2S+. The molecule has 6 nitrogen and oxygen atoms in total. The van der Waals surface area contributed by atoms with Crippen LogP contribution in [-0.2, 0) is 16.1 Å². The topological polar surface area (TPSA) is 68.8 Å². The quantitative estimate of drug-likeness (QED) is 0.538. The van der Waals surface area contributed by atoms with E-state index < -0.39 is 5.60 Å². The Morgan fingerprint density at radius 1 is 1.21 bits per heavy atom. The first-order valence-electron chi connectivity index (χ1n) is 7.71. The zero-order valence-electron chi connectivity index (χ0n) is 13.9. The summed E-state index contributed by atoms with van der Waals surface area (Å²) < 4.78 is 11.2. The maximum Gasteiger partial charge on any atom is 0.312 e. The fourth-order valence-corrected chi connectivity index (χ4v) is 2.78. The molecule has 0 aliphatic rings. The third-order valence-electron chi connectivity index (χ3n) is 3.30. The second-order valence-corrected chi connectivity index (χ2v) is 7.19. The summed E-state index contributed by atoms with van der Waals surface area (Å²) in [6.07, 6.45) is 4.23. The molecule has 0 unspecified atom stereocenters. The van der Waals surface area contributed by atoms with Crippen LogP contribution in [0.3, 0.4) is 0 Å². The van der Waals surface area contributed by atoms with Crippen molar-refractivity contribution in [2.24, 2.45) is 0 Å². The lowest BCUT2D eigenvalue weighted by atomic mass is 10.2. The van der Waals surface area contributed by atoms with Crippen LogP contribution in [0.25, 0.3) is 21.6 Å². The number of esters is 1.